The number of carbonyl (C=O) groups excluding carboxylic acids is 2. The van der Waals surface area contributed by atoms with Crippen LogP contribution in [0.15, 0.2) is 27.2 Å². The first kappa shape index (κ1) is 18.9. The van der Waals surface area contributed by atoms with Crippen molar-refractivity contribution < 1.29 is 14.0 Å². The van der Waals surface area contributed by atoms with Crippen LogP contribution < -0.4 is 10.6 Å². The number of aryl methyl sites for hydroxylation is 2. The number of furan rings is 1. The maximum atomic E-state index is 12.5. The van der Waals surface area contributed by atoms with Crippen LogP contribution in [-0.4, -0.2) is 38.4 Å². The second-order valence-corrected chi connectivity index (χ2v) is 6.80. The predicted molar refractivity (Wildman–Crippen MR) is 102 cm³/mol. The second kappa shape index (κ2) is 7.39. The van der Waals surface area contributed by atoms with Crippen molar-refractivity contribution in [3.05, 3.63) is 51.4 Å². The molecular weight excluding hydrogens is 416 g/mol. The molecule has 2 N–H and O–H groups in total. The van der Waals surface area contributed by atoms with Crippen molar-refractivity contribution >= 4 is 33.4 Å². The van der Waals surface area contributed by atoms with Crippen LogP contribution in [0.1, 0.15) is 38.2 Å². The highest BCUT2D eigenvalue weighted by Gasteiger charge is 2.19. The zero-order valence-corrected chi connectivity index (χ0v) is 16.9. The fourth-order valence-corrected chi connectivity index (χ4v) is 2.90. The Morgan fingerprint density at radius 2 is 1.96 bits per heavy atom. The van der Waals surface area contributed by atoms with E-state index in [0.29, 0.717) is 18.0 Å². The summed E-state index contributed by atoms with van der Waals surface area (Å²) in [5, 5.41) is 13.6. The number of hydrogen-bond donors (Lipinski definition) is 2. The first-order valence-electron chi connectivity index (χ1n) is 8.15. The smallest absolute Gasteiger partial charge is 0.291 e. The summed E-state index contributed by atoms with van der Waals surface area (Å²) in [4.78, 5) is 24.3. The number of anilines is 1. The van der Waals surface area contributed by atoms with Gasteiger partial charge in [-0.2, -0.15) is 10.2 Å². The van der Waals surface area contributed by atoms with Crippen molar-refractivity contribution in [3.63, 3.8) is 0 Å². The summed E-state index contributed by atoms with van der Waals surface area (Å²) < 4.78 is 9.84. The Labute approximate surface area is 163 Å². The lowest BCUT2D eigenvalue weighted by Crippen LogP contribution is -2.21. The lowest BCUT2D eigenvalue weighted by Gasteiger charge is -2.03. The normalized spacial score (nSPS) is 10.9. The molecule has 3 heterocycles. The molecule has 0 fully saturated rings. The molecule has 0 saturated heterocycles. The van der Waals surface area contributed by atoms with Gasteiger partial charge >= 0.3 is 0 Å². The van der Waals surface area contributed by atoms with E-state index in [1.165, 1.54) is 11.7 Å². The molecule has 27 heavy (non-hydrogen) atoms. The van der Waals surface area contributed by atoms with E-state index in [4.69, 9.17) is 4.42 Å². The largest absolute Gasteiger partial charge is 0.454 e. The van der Waals surface area contributed by atoms with Gasteiger partial charge in [-0.3, -0.25) is 19.0 Å². The average Bonchev–Trinajstić information content (AvgIpc) is 3.30. The number of nitrogens with zero attached hydrogens (tertiary/aromatic N) is 4. The summed E-state index contributed by atoms with van der Waals surface area (Å²) in [6.45, 7) is 4.26. The molecule has 0 aliphatic rings. The Morgan fingerprint density at radius 3 is 2.59 bits per heavy atom. The number of aromatic nitrogens is 4. The van der Waals surface area contributed by atoms with Gasteiger partial charge in [0, 0.05) is 20.3 Å². The summed E-state index contributed by atoms with van der Waals surface area (Å²) in [5.41, 5.74) is 2.30. The quantitative estimate of drug-likeness (QED) is 0.640. The van der Waals surface area contributed by atoms with Gasteiger partial charge in [0.2, 0.25) is 0 Å². The highest BCUT2D eigenvalue weighted by molar-refractivity contribution is 9.10. The van der Waals surface area contributed by atoms with Crippen molar-refractivity contribution in [2.75, 3.05) is 12.4 Å². The lowest BCUT2D eigenvalue weighted by molar-refractivity contribution is 0.0958. The molecule has 3 aromatic rings. The van der Waals surface area contributed by atoms with E-state index in [1.807, 2.05) is 13.8 Å². The molecule has 3 aromatic heterocycles. The molecular formula is C17H19BrN6O3. The van der Waals surface area contributed by atoms with E-state index < -0.39 is 5.91 Å². The van der Waals surface area contributed by atoms with Crippen LogP contribution in [0.25, 0.3) is 0 Å². The minimum atomic E-state index is -0.464. The third kappa shape index (κ3) is 3.80. The second-order valence-electron chi connectivity index (χ2n) is 6.01. The van der Waals surface area contributed by atoms with Gasteiger partial charge in [-0.1, -0.05) is 0 Å². The fourth-order valence-electron chi connectivity index (χ4n) is 2.61. The molecule has 0 unspecified atom stereocenters. The van der Waals surface area contributed by atoms with Crippen LogP contribution in [0.4, 0.5) is 5.69 Å². The summed E-state index contributed by atoms with van der Waals surface area (Å²) >= 11 is 3.49. The summed E-state index contributed by atoms with van der Waals surface area (Å²) in [7, 11) is 3.17. The number of hydrogen-bond acceptors (Lipinski definition) is 5. The molecule has 2 amide bonds. The van der Waals surface area contributed by atoms with Crippen LogP contribution in [0.2, 0.25) is 0 Å². The monoisotopic (exact) mass is 434 g/mol. The average molecular weight is 435 g/mol. The van der Waals surface area contributed by atoms with Gasteiger partial charge < -0.3 is 15.1 Å². The van der Waals surface area contributed by atoms with Gasteiger partial charge in [0.1, 0.15) is 5.76 Å². The summed E-state index contributed by atoms with van der Waals surface area (Å²) in [5.74, 6) is -0.122. The molecule has 9 nitrogen and oxygen atoms in total. The van der Waals surface area contributed by atoms with Gasteiger partial charge in [-0.25, -0.2) is 0 Å². The minimum Gasteiger partial charge on any atom is -0.454 e. The zero-order chi connectivity index (χ0) is 19.7. The third-order valence-electron chi connectivity index (χ3n) is 4.00. The molecule has 0 saturated carbocycles. The molecule has 3 rings (SSSR count). The number of nitrogens with one attached hydrogen (secondary N) is 2. The first-order chi connectivity index (χ1) is 12.8. The maximum absolute atomic E-state index is 12.5. The van der Waals surface area contributed by atoms with E-state index in [1.54, 1.807) is 30.1 Å². The molecule has 0 aromatic carbocycles. The molecule has 10 heteroatoms. The van der Waals surface area contributed by atoms with Gasteiger partial charge in [0.25, 0.3) is 11.8 Å². The van der Waals surface area contributed by atoms with Gasteiger partial charge in [0.15, 0.2) is 11.5 Å². The first-order valence-corrected chi connectivity index (χ1v) is 8.94. The SMILES string of the molecule is CNC(=O)c1nn(C)cc1NC(=O)c1ccc(Cn2nc(C)c(Br)c2C)o1. The van der Waals surface area contributed by atoms with E-state index in [-0.39, 0.29) is 17.4 Å². The van der Waals surface area contributed by atoms with Crippen molar-refractivity contribution in [1.82, 2.24) is 24.9 Å². The van der Waals surface area contributed by atoms with Crippen LogP contribution in [0.5, 0.6) is 0 Å². The molecule has 0 aliphatic heterocycles. The fraction of sp³-hybridized carbons (Fsp3) is 0.294. The Balaban J connectivity index is 1.76. The Morgan fingerprint density at radius 1 is 1.22 bits per heavy atom. The molecule has 0 bridgehead atoms. The van der Waals surface area contributed by atoms with E-state index in [2.05, 4.69) is 36.8 Å². The van der Waals surface area contributed by atoms with Crippen molar-refractivity contribution in [3.8, 4) is 0 Å². The Bertz CT molecular complexity index is 1020. The van der Waals surface area contributed by atoms with Crippen LogP contribution >= 0.6 is 15.9 Å². The van der Waals surface area contributed by atoms with Gasteiger partial charge in [-0.15, -0.1) is 0 Å². The van der Waals surface area contributed by atoms with Gasteiger partial charge in [0.05, 0.1) is 28.1 Å². The van der Waals surface area contributed by atoms with Crippen molar-refractivity contribution in [2.45, 2.75) is 20.4 Å². The standard InChI is InChI=1S/C17H19BrN6O3/c1-9-14(18)10(2)24(21-9)7-11-5-6-13(27-11)16(25)20-12-8-23(4)22-15(12)17(26)19-3/h5-6,8H,7H2,1-4H3,(H,19,26)(H,20,25). The van der Waals surface area contributed by atoms with E-state index >= 15 is 0 Å². The summed E-state index contributed by atoms with van der Waals surface area (Å²) in [6.07, 6.45) is 1.56. The number of amides is 2. The maximum Gasteiger partial charge on any atom is 0.291 e. The van der Waals surface area contributed by atoms with Crippen molar-refractivity contribution in [2.24, 2.45) is 7.05 Å². The highest BCUT2D eigenvalue weighted by atomic mass is 79.9. The Hall–Kier alpha value is -2.88. The summed E-state index contributed by atoms with van der Waals surface area (Å²) in [6, 6.07) is 3.31. The lowest BCUT2D eigenvalue weighted by atomic mass is 10.3. The van der Waals surface area contributed by atoms with E-state index in [0.717, 1.165) is 15.9 Å². The number of halogens is 1. The molecule has 0 spiro atoms. The topological polar surface area (TPSA) is 107 Å². The minimum absolute atomic E-state index is 0.132. The number of rotatable bonds is 5. The predicted octanol–water partition coefficient (Wildman–Crippen LogP) is 2.25. The zero-order valence-electron chi connectivity index (χ0n) is 15.3. The molecule has 142 valence electrons. The van der Waals surface area contributed by atoms with Crippen LogP contribution in [-0.2, 0) is 13.6 Å². The third-order valence-corrected chi connectivity index (χ3v) is 5.15. The van der Waals surface area contributed by atoms with Gasteiger partial charge in [-0.05, 0) is 41.9 Å². The molecule has 0 atom stereocenters. The van der Waals surface area contributed by atoms with Crippen LogP contribution in [0, 0.1) is 13.8 Å². The van der Waals surface area contributed by atoms with Crippen molar-refractivity contribution in [1.29, 1.82) is 0 Å². The highest BCUT2D eigenvalue weighted by Crippen LogP contribution is 2.21. The number of carbonyl (C=O) groups is 2. The van der Waals surface area contributed by atoms with Crippen LogP contribution in [0.3, 0.4) is 0 Å². The molecule has 0 aliphatic carbocycles. The Kier molecular flexibility index (Phi) is 5.17. The molecule has 0 radical (unpaired) electrons. The van der Waals surface area contributed by atoms with E-state index in [9.17, 15) is 9.59 Å².